The van der Waals surface area contributed by atoms with E-state index in [2.05, 4.69) is 13.8 Å². The Labute approximate surface area is 519 Å². The normalized spacial score (nSPS) is 11.7. The molecule has 0 aliphatic heterocycles. The highest BCUT2D eigenvalue weighted by atomic mass is 32.2. The van der Waals surface area contributed by atoms with Crippen molar-refractivity contribution >= 4 is 53.5 Å². The van der Waals surface area contributed by atoms with Crippen molar-refractivity contribution in [3.05, 3.63) is 275 Å². The second-order valence-electron chi connectivity index (χ2n) is 21.2. The van der Waals surface area contributed by atoms with Crippen molar-refractivity contribution in [2.24, 2.45) is 0 Å². The lowest BCUT2D eigenvalue weighted by molar-refractivity contribution is 0.102. The molecule has 0 radical (unpaired) electrons. The highest BCUT2D eigenvalue weighted by molar-refractivity contribution is 7.86. The molecule has 90 heavy (non-hydrogen) atoms. The first-order valence-electron chi connectivity index (χ1n) is 27.7. The molecule has 20 heteroatoms. The predicted molar refractivity (Wildman–Crippen MR) is 336 cm³/mol. The molecule has 10 aromatic rings. The number of carbonyl (C=O) groups excluding carboxylic acids is 4. The molecule has 3 N–H and O–H groups in total. The molecule has 0 atom stereocenters. The molecule has 0 spiro atoms. The quantitative estimate of drug-likeness (QED) is 0.0420. The molecule has 0 saturated carbocycles. The molecule has 10 aromatic carbocycles. The highest BCUT2D eigenvalue weighted by Crippen LogP contribution is 2.39. The van der Waals surface area contributed by atoms with Gasteiger partial charge in [0.1, 0.15) is 54.9 Å². The van der Waals surface area contributed by atoms with Crippen LogP contribution < -0.4 is 18.9 Å². The molecule has 454 valence electrons. The minimum atomic E-state index is -5.10. The highest BCUT2D eigenvalue weighted by Gasteiger charge is 2.25. The maximum Gasteiger partial charge on any atom is 0.298 e. The first kappa shape index (κ1) is 62.8. The zero-order chi connectivity index (χ0) is 64.2. The molecule has 0 heterocycles. The zero-order valence-electron chi connectivity index (χ0n) is 48.3. The van der Waals surface area contributed by atoms with Gasteiger partial charge in [0.2, 0.25) is 0 Å². The van der Waals surface area contributed by atoms with Crippen LogP contribution in [-0.2, 0) is 30.4 Å². The van der Waals surface area contributed by atoms with Crippen molar-refractivity contribution < 1.29 is 77.0 Å². The van der Waals surface area contributed by atoms with E-state index in [1.807, 2.05) is 48.5 Å². The van der Waals surface area contributed by atoms with E-state index >= 15 is 0 Å². The van der Waals surface area contributed by atoms with Crippen LogP contribution >= 0.6 is 0 Å². The maximum atomic E-state index is 13.7. The molecule has 0 aromatic heterocycles. The monoisotopic (exact) mass is 1260 g/mol. The van der Waals surface area contributed by atoms with Crippen molar-refractivity contribution in [1.29, 1.82) is 0 Å². The fourth-order valence-corrected chi connectivity index (χ4v) is 11.5. The van der Waals surface area contributed by atoms with Crippen molar-refractivity contribution in [3.8, 4) is 62.5 Å². The van der Waals surface area contributed by atoms with Gasteiger partial charge >= 0.3 is 0 Å². The van der Waals surface area contributed by atoms with Crippen LogP contribution in [0, 0.1) is 0 Å². The Bertz CT molecular complexity index is 4760. The van der Waals surface area contributed by atoms with Crippen LogP contribution in [-0.4, -0.2) is 68.1 Å². The van der Waals surface area contributed by atoms with Gasteiger partial charge in [-0.25, -0.2) is 0 Å². The molecule has 17 nitrogen and oxygen atoms in total. The lowest BCUT2D eigenvalue weighted by Gasteiger charge is -2.16. The van der Waals surface area contributed by atoms with E-state index in [0.29, 0.717) is 50.4 Å². The van der Waals surface area contributed by atoms with Crippen molar-refractivity contribution in [1.82, 2.24) is 0 Å². The number of ether oxygens (including phenoxy) is 4. The summed E-state index contributed by atoms with van der Waals surface area (Å²) < 4.78 is 127. The van der Waals surface area contributed by atoms with Crippen LogP contribution in [0.2, 0.25) is 0 Å². The second kappa shape index (κ2) is 25.9. The first-order valence-corrected chi connectivity index (χ1v) is 32.0. The van der Waals surface area contributed by atoms with Gasteiger partial charge < -0.3 is 18.9 Å². The smallest absolute Gasteiger partial charge is 0.298 e. The Balaban J connectivity index is 0.749. The summed E-state index contributed by atoms with van der Waals surface area (Å²) in [6.07, 6.45) is -0.488. The summed E-state index contributed by atoms with van der Waals surface area (Å²) in [6, 6.07) is 58.0. The summed E-state index contributed by atoms with van der Waals surface area (Å²) in [7, 11) is -15.0. The zero-order valence-corrected chi connectivity index (χ0v) is 50.7. The molecular formula is C70H54O17S3. The summed E-state index contributed by atoms with van der Waals surface area (Å²) in [5.41, 5.74) is 7.85. The van der Waals surface area contributed by atoms with Gasteiger partial charge in [0.05, 0.1) is 6.10 Å². The summed E-state index contributed by atoms with van der Waals surface area (Å²) >= 11 is 0. The SMILES string of the molecule is CC(C)Oc1ccc(Oc2ccc(Oc3ccc(Oc4ccc(C(=O)c5ccc(-c6ccc(C(=O)c7cccc(C(=O)c8ccc(-c9ccc(C(=O)c%10ccc(C(C)C)cc%10)cc9)cc8)c7)cc6)cc5)cc4)cc3S(=O)(=O)O)cc2S(=O)(=O)O)cc1S(=O)(=O)O. The van der Waals surface area contributed by atoms with Crippen LogP contribution in [0.1, 0.15) is 103 Å². The minimum absolute atomic E-state index is 0.0615. The van der Waals surface area contributed by atoms with Crippen LogP contribution in [0.25, 0.3) is 22.3 Å². The Morgan fingerprint density at radius 2 is 0.589 bits per heavy atom. The molecule has 0 aliphatic carbocycles. The Morgan fingerprint density at radius 1 is 0.311 bits per heavy atom. The molecule has 10 rings (SSSR count). The van der Waals surface area contributed by atoms with Gasteiger partial charge in [0.15, 0.2) is 23.1 Å². The van der Waals surface area contributed by atoms with E-state index < -0.39 is 62.6 Å². The van der Waals surface area contributed by atoms with Gasteiger partial charge in [-0.05, 0) is 114 Å². The third kappa shape index (κ3) is 14.7. The summed E-state index contributed by atoms with van der Waals surface area (Å²) in [5.74, 6) is -2.36. The molecule has 0 amide bonds. The third-order valence-electron chi connectivity index (χ3n) is 14.2. The molecule has 0 unspecified atom stereocenters. The lowest BCUT2D eigenvalue weighted by atomic mass is 9.94. The summed E-state index contributed by atoms with van der Waals surface area (Å²) in [5, 5.41) is 0. The molecular weight excluding hydrogens is 1210 g/mol. The predicted octanol–water partition coefficient (Wildman–Crippen LogP) is 15.0. The number of hydrogen-bond donors (Lipinski definition) is 3. The van der Waals surface area contributed by atoms with Gasteiger partial charge in [-0.3, -0.25) is 32.8 Å². The Morgan fingerprint density at radius 3 is 0.911 bits per heavy atom. The second-order valence-corrected chi connectivity index (χ2v) is 25.4. The maximum absolute atomic E-state index is 13.7. The number of hydrogen-bond acceptors (Lipinski definition) is 14. The number of carbonyl (C=O) groups is 4. The topological polar surface area (TPSA) is 268 Å². The van der Waals surface area contributed by atoms with Gasteiger partial charge in [0, 0.05) is 62.7 Å². The molecule has 0 bridgehead atoms. The van der Waals surface area contributed by atoms with E-state index in [-0.39, 0.29) is 51.9 Å². The lowest BCUT2D eigenvalue weighted by Crippen LogP contribution is -2.10. The van der Waals surface area contributed by atoms with Crippen molar-refractivity contribution in [2.75, 3.05) is 0 Å². The van der Waals surface area contributed by atoms with Gasteiger partial charge in [0.25, 0.3) is 30.4 Å². The number of ketones is 4. The first-order chi connectivity index (χ1) is 42.7. The fraction of sp³-hybridized carbons (Fsp3) is 0.0857. The van der Waals surface area contributed by atoms with Crippen LogP contribution in [0.4, 0.5) is 0 Å². The third-order valence-corrected chi connectivity index (χ3v) is 16.9. The van der Waals surface area contributed by atoms with E-state index in [0.717, 1.165) is 64.2 Å². The van der Waals surface area contributed by atoms with Crippen LogP contribution in [0.5, 0.6) is 40.2 Å². The number of benzene rings is 10. The molecule has 0 saturated heterocycles. The van der Waals surface area contributed by atoms with Crippen molar-refractivity contribution in [2.45, 2.75) is 54.4 Å². The van der Waals surface area contributed by atoms with E-state index in [4.69, 9.17) is 18.9 Å². The number of rotatable bonds is 22. The van der Waals surface area contributed by atoms with Crippen LogP contribution in [0.15, 0.2) is 239 Å². The summed E-state index contributed by atoms with van der Waals surface area (Å²) in [6.45, 7) is 7.44. The van der Waals surface area contributed by atoms with E-state index in [1.54, 1.807) is 111 Å². The largest absolute Gasteiger partial charge is 0.490 e. The molecule has 0 fully saturated rings. The van der Waals surface area contributed by atoms with E-state index in [1.165, 1.54) is 42.5 Å². The van der Waals surface area contributed by atoms with Crippen molar-refractivity contribution in [3.63, 3.8) is 0 Å². The van der Waals surface area contributed by atoms with Gasteiger partial charge in [-0.15, -0.1) is 0 Å². The standard InChI is InChI=1S/C70H54O17S3/c1-42(2)44-8-18-49(19-9-44)67(71)50-20-10-45(11-21-50)47-14-24-52(25-15-47)69(73)55-6-5-7-56(38-55)70(74)53-26-16-48(17-27-53)46-12-22-51(23-13-46)68(72)54-28-30-57(31-29-54)85-58-32-36-62(65(39-58)89(78,79)80)87-60-34-37-63(66(41-60)90(81,82)83)86-59-33-35-61(84-43(3)4)64(40-59)88(75,76)77/h5-43H,1-4H3,(H,75,76,77)(H,78,79,80)(H,81,82,83). The van der Waals surface area contributed by atoms with E-state index in [9.17, 15) is 58.1 Å². The Kier molecular flexibility index (Phi) is 18.1. The average molecular weight is 1260 g/mol. The molecule has 0 aliphatic rings. The van der Waals surface area contributed by atoms with Crippen LogP contribution in [0.3, 0.4) is 0 Å². The average Bonchev–Trinajstić information content (AvgIpc) is 1.25. The van der Waals surface area contributed by atoms with Gasteiger partial charge in [-0.1, -0.05) is 153 Å². The van der Waals surface area contributed by atoms with Gasteiger partial charge in [-0.2, -0.15) is 25.3 Å². The summed E-state index contributed by atoms with van der Waals surface area (Å²) in [4.78, 5) is 51.8. The minimum Gasteiger partial charge on any atom is -0.490 e. The Hall–Kier alpha value is -10.2. The fourth-order valence-electron chi connectivity index (χ4n) is 9.59.